The predicted molar refractivity (Wildman–Crippen MR) is 107 cm³/mol. The predicted octanol–water partition coefficient (Wildman–Crippen LogP) is 2.50. The molecule has 0 saturated carbocycles. The number of piperidine rings is 1. The summed E-state index contributed by atoms with van der Waals surface area (Å²) < 4.78 is 5.42. The van der Waals surface area contributed by atoms with Crippen LogP contribution in [0.4, 0.5) is 5.82 Å². The highest BCUT2D eigenvalue weighted by Gasteiger charge is 2.30. The molecular formula is C22H27N3O3. The van der Waals surface area contributed by atoms with Crippen LogP contribution < -0.4 is 4.90 Å². The number of hydrogen-bond acceptors (Lipinski definition) is 5. The monoisotopic (exact) mass is 381 g/mol. The minimum absolute atomic E-state index is 0.0299. The molecule has 0 bridgehead atoms. The van der Waals surface area contributed by atoms with Crippen molar-refractivity contribution in [1.82, 2.24) is 9.88 Å². The summed E-state index contributed by atoms with van der Waals surface area (Å²) in [5.74, 6) is 0.962. The van der Waals surface area contributed by atoms with E-state index in [0.717, 1.165) is 37.3 Å². The van der Waals surface area contributed by atoms with Gasteiger partial charge in [-0.25, -0.2) is 4.98 Å². The summed E-state index contributed by atoms with van der Waals surface area (Å²) >= 11 is 0. The Hall–Kier alpha value is -2.44. The Labute approximate surface area is 165 Å². The summed E-state index contributed by atoms with van der Waals surface area (Å²) in [5, 5.41) is 10.7. The van der Waals surface area contributed by atoms with Gasteiger partial charge in [0.25, 0.3) is 5.91 Å². The Bertz CT molecular complexity index is 785. The fourth-order valence-corrected chi connectivity index (χ4v) is 4.10. The van der Waals surface area contributed by atoms with Crippen molar-refractivity contribution in [2.75, 3.05) is 44.3 Å². The third-order valence-corrected chi connectivity index (χ3v) is 5.74. The van der Waals surface area contributed by atoms with E-state index < -0.39 is 6.10 Å². The van der Waals surface area contributed by atoms with E-state index in [4.69, 9.17) is 4.74 Å². The van der Waals surface area contributed by atoms with Gasteiger partial charge in [-0.1, -0.05) is 30.3 Å². The van der Waals surface area contributed by atoms with Crippen molar-refractivity contribution in [3.05, 3.63) is 59.8 Å². The zero-order chi connectivity index (χ0) is 19.3. The number of carbonyl (C=O) groups excluding carboxylic acids is 1. The molecule has 0 radical (unpaired) electrons. The Balaban J connectivity index is 1.42. The maximum absolute atomic E-state index is 13.2. The molecule has 0 spiro atoms. The van der Waals surface area contributed by atoms with E-state index >= 15 is 0 Å². The number of anilines is 1. The van der Waals surface area contributed by atoms with E-state index in [0.29, 0.717) is 31.9 Å². The first-order valence-electron chi connectivity index (χ1n) is 10.0. The number of pyridine rings is 1. The average molecular weight is 381 g/mol. The number of hydrogen-bond donors (Lipinski definition) is 1. The summed E-state index contributed by atoms with van der Waals surface area (Å²) in [6.45, 7) is 4.14. The number of morpholine rings is 1. The highest BCUT2D eigenvalue weighted by molar-refractivity contribution is 5.99. The Morgan fingerprint density at radius 1 is 1.04 bits per heavy atom. The van der Waals surface area contributed by atoms with Gasteiger partial charge in [-0.05, 0) is 36.5 Å². The normalized spacial score (nSPS) is 19.5. The van der Waals surface area contributed by atoms with E-state index in [1.54, 1.807) is 6.20 Å². The number of amides is 1. The number of aliphatic hydroxyl groups excluding tert-OH is 1. The maximum Gasteiger partial charge on any atom is 0.257 e. The molecule has 6 heteroatoms. The van der Waals surface area contributed by atoms with E-state index in [2.05, 4.69) is 9.88 Å². The fraction of sp³-hybridized carbons (Fsp3) is 0.455. The van der Waals surface area contributed by atoms with E-state index in [-0.39, 0.29) is 11.8 Å². The van der Waals surface area contributed by atoms with Gasteiger partial charge < -0.3 is 19.6 Å². The molecule has 2 aliphatic heterocycles. The summed E-state index contributed by atoms with van der Waals surface area (Å²) in [7, 11) is 0. The van der Waals surface area contributed by atoms with Gasteiger partial charge in [-0.15, -0.1) is 0 Å². The van der Waals surface area contributed by atoms with Crippen LogP contribution in [0.15, 0.2) is 48.7 Å². The van der Waals surface area contributed by atoms with Gasteiger partial charge in [0.1, 0.15) is 5.82 Å². The summed E-state index contributed by atoms with van der Waals surface area (Å²) in [6, 6.07) is 13.5. The number of benzene rings is 1. The van der Waals surface area contributed by atoms with Gasteiger partial charge in [0.2, 0.25) is 0 Å². The van der Waals surface area contributed by atoms with Crippen molar-refractivity contribution >= 4 is 11.7 Å². The lowest BCUT2D eigenvalue weighted by Gasteiger charge is -2.35. The molecule has 148 valence electrons. The summed E-state index contributed by atoms with van der Waals surface area (Å²) in [6.07, 6.45) is 2.87. The molecule has 1 N–H and O–H groups in total. The van der Waals surface area contributed by atoms with Gasteiger partial charge in [0.05, 0.1) is 24.9 Å². The van der Waals surface area contributed by atoms with Gasteiger partial charge in [0, 0.05) is 32.4 Å². The van der Waals surface area contributed by atoms with Crippen molar-refractivity contribution in [1.29, 1.82) is 0 Å². The quantitative estimate of drug-likeness (QED) is 0.882. The van der Waals surface area contributed by atoms with Gasteiger partial charge in [-0.3, -0.25) is 4.79 Å². The van der Waals surface area contributed by atoms with Crippen LogP contribution in [-0.4, -0.2) is 60.3 Å². The second kappa shape index (κ2) is 8.71. The SMILES string of the molecule is O=C(c1cccnc1N1CCOCC1)N1CCC(C(O)c2ccccc2)CC1. The highest BCUT2D eigenvalue weighted by atomic mass is 16.5. The zero-order valence-electron chi connectivity index (χ0n) is 16.0. The highest BCUT2D eigenvalue weighted by Crippen LogP contribution is 2.31. The molecule has 1 aromatic carbocycles. The molecule has 0 aliphatic carbocycles. The molecular weight excluding hydrogens is 354 g/mol. The van der Waals surface area contributed by atoms with Crippen molar-refractivity contribution in [3.8, 4) is 0 Å². The molecule has 2 saturated heterocycles. The minimum Gasteiger partial charge on any atom is -0.388 e. The second-order valence-corrected chi connectivity index (χ2v) is 7.46. The third-order valence-electron chi connectivity index (χ3n) is 5.74. The van der Waals surface area contributed by atoms with Crippen molar-refractivity contribution in [3.63, 3.8) is 0 Å². The topological polar surface area (TPSA) is 65.9 Å². The number of carbonyl (C=O) groups is 1. The lowest BCUT2D eigenvalue weighted by molar-refractivity contribution is 0.0462. The van der Waals surface area contributed by atoms with Crippen LogP contribution in [0.25, 0.3) is 0 Å². The average Bonchev–Trinajstić information content (AvgIpc) is 2.79. The van der Waals surface area contributed by atoms with Crippen LogP contribution in [0.3, 0.4) is 0 Å². The summed E-state index contributed by atoms with van der Waals surface area (Å²) in [5.41, 5.74) is 1.61. The van der Waals surface area contributed by atoms with Gasteiger partial charge in [0.15, 0.2) is 0 Å². The van der Waals surface area contributed by atoms with Crippen LogP contribution in [0.5, 0.6) is 0 Å². The van der Waals surface area contributed by atoms with Gasteiger partial charge in [-0.2, -0.15) is 0 Å². The van der Waals surface area contributed by atoms with Crippen LogP contribution in [0.2, 0.25) is 0 Å². The Kier molecular flexibility index (Phi) is 5.88. The molecule has 1 atom stereocenters. The lowest BCUT2D eigenvalue weighted by atomic mass is 9.87. The number of aromatic nitrogens is 1. The molecule has 2 aliphatic rings. The van der Waals surface area contributed by atoms with E-state index in [9.17, 15) is 9.90 Å². The molecule has 4 rings (SSSR count). The van der Waals surface area contributed by atoms with E-state index in [1.165, 1.54) is 0 Å². The Morgan fingerprint density at radius 2 is 1.75 bits per heavy atom. The Morgan fingerprint density at radius 3 is 2.46 bits per heavy atom. The number of aliphatic hydroxyl groups is 1. The number of ether oxygens (including phenoxy) is 1. The molecule has 1 amide bonds. The first-order valence-corrected chi connectivity index (χ1v) is 10.0. The molecule has 28 heavy (non-hydrogen) atoms. The lowest BCUT2D eigenvalue weighted by Crippen LogP contribution is -2.42. The van der Waals surface area contributed by atoms with Crippen LogP contribution in [-0.2, 0) is 4.74 Å². The molecule has 1 unspecified atom stereocenters. The van der Waals surface area contributed by atoms with E-state index in [1.807, 2.05) is 47.4 Å². The molecule has 6 nitrogen and oxygen atoms in total. The van der Waals surface area contributed by atoms with Crippen molar-refractivity contribution < 1.29 is 14.6 Å². The van der Waals surface area contributed by atoms with Crippen LogP contribution in [0.1, 0.15) is 34.9 Å². The van der Waals surface area contributed by atoms with Gasteiger partial charge >= 0.3 is 0 Å². The fourth-order valence-electron chi connectivity index (χ4n) is 4.10. The third kappa shape index (κ3) is 4.03. The van der Waals surface area contributed by atoms with Crippen molar-refractivity contribution in [2.24, 2.45) is 5.92 Å². The largest absolute Gasteiger partial charge is 0.388 e. The zero-order valence-corrected chi connectivity index (χ0v) is 16.0. The second-order valence-electron chi connectivity index (χ2n) is 7.46. The molecule has 1 aromatic heterocycles. The number of rotatable bonds is 4. The maximum atomic E-state index is 13.2. The number of nitrogens with zero attached hydrogens (tertiary/aromatic N) is 3. The standard InChI is InChI=1S/C22H27N3O3/c26-20(17-5-2-1-3-6-17)18-8-11-25(12-9-18)22(27)19-7-4-10-23-21(19)24-13-15-28-16-14-24/h1-7,10,18,20,26H,8-9,11-16H2. The van der Waals surface area contributed by atoms with Crippen LogP contribution >= 0.6 is 0 Å². The van der Waals surface area contributed by atoms with Crippen molar-refractivity contribution in [2.45, 2.75) is 18.9 Å². The minimum atomic E-state index is -0.472. The summed E-state index contributed by atoms with van der Waals surface area (Å²) in [4.78, 5) is 21.7. The molecule has 2 aromatic rings. The number of likely N-dealkylation sites (tertiary alicyclic amines) is 1. The first-order chi connectivity index (χ1) is 13.7. The first kappa shape index (κ1) is 18.9. The molecule has 2 fully saturated rings. The van der Waals surface area contributed by atoms with Crippen LogP contribution in [0, 0.1) is 5.92 Å². The smallest absolute Gasteiger partial charge is 0.257 e. The molecule has 3 heterocycles.